The molecule has 104 valence electrons. The van der Waals surface area contributed by atoms with Gasteiger partial charge in [-0.15, -0.1) is 0 Å². The molecule has 0 aliphatic rings. The molecule has 0 radical (unpaired) electrons. The van der Waals surface area contributed by atoms with E-state index in [0.29, 0.717) is 0 Å². The van der Waals surface area contributed by atoms with Gasteiger partial charge in [-0.1, -0.05) is 6.07 Å². The van der Waals surface area contributed by atoms with E-state index < -0.39 is 6.10 Å². The monoisotopic (exact) mass is 278 g/mol. The highest BCUT2D eigenvalue weighted by Crippen LogP contribution is 2.25. The number of benzene rings is 1. The van der Waals surface area contributed by atoms with E-state index in [9.17, 15) is 5.11 Å². The Kier molecular flexibility index (Phi) is 2.55. The molecule has 0 bridgehead atoms. The standard InChI is InChI=1S/C16H14N4O/c1-19-10-17-9-14(19)16(21)12-2-4-13-11(8-12)3-5-15-18-6-7-20(13)15/h2-10,16,21H,1H3. The number of nitrogens with zero attached hydrogens (tertiary/aromatic N) is 4. The van der Waals surface area contributed by atoms with Gasteiger partial charge in [-0.3, -0.25) is 4.40 Å². The number of rotatable bonds is 2. The summed E-state index contributed by atoms with van der Waals surface area (Å²) in [6.07, 6.45) is 6.42. The van der Waals surface area contributed by atoms with Gasteiger partial charge in [0.25, 0.3) is 0 Å². The molecule has 21 heavy (non-hydrogen) atoms. The van der Waals surface area contributed by atoms with Gasteiger partial charge in [-0.25, -0.2) is 9.97 Å². The fourth-order valence-electron chi connectivity index (χ4n) is 2.70. The zero-order chi connectivity index (χ0) is 14.4. The summed E-state index contributed by atoms with van der Waals surface area (Å²) in [6, 6.07) is 9.96. The molecule has 1 unspecified atom stereocenters. The fraction of sp³-hybridized carbons (Fsp3) is 0.125. The Morgan fingerprint density at radius 2 is 2.10 bits per heavy atom. The van der Waals surface area contributed by atoms with Crippen molar-refractivity contribution >= 4 is 16.6 Å². The van der Waals surface area contributed by atoms with Crippen LogP contribution in [0, 0.1) is 0 Å². The second-order valence-corrected chi connectivity index (χ2v) is 5.14. The molecule has 5 heteroatoms. The highest BCUT2D eigenvalue weighted by Gasteiger charge is 2.14. The maximum absolute atomic E-state index is 10.5. The van der Waals surface area contributed by atoms with Crippen LogP contribution in [0.5, 0.6) is 0 Å². The van der Waals surface area contributed by atoms with Gasteiger partial charge in [-0.05, 0) is 35.2 Å². The van der Waals surface area contributed by atoms with Gasteiger partial charge < -0.3 is 9.67 Å². The van der Waals surface area contributed by atoms with Crippen LogP contribution in [-0.2, 0) is 7.05 Å². The summed E-state index contributed by atoms with van der Waals surface area (Å²) < 4.78 is 3.86. The van der Waals surface area contributed by atoms with Crippen LogP contribution in [0.15, 0.2) is 55.2 Å². The quantitative estimate of drug-likeness (QED) is 0.612. The summed E-state index contributed by atoms with van der Waals surface area (Å²) in [5.74, 6) is 0. The zero-order valence-electron chi connectivity index (χ0n) is 11.5. The number of hydrogen-bond donors (Lipinski definition) is 1. The molecule has 3 heterocycles. The van der Waals surface area contributed by atoms with Crippen molar-refractivity contribution in [1.82, 2.24) is 18.9 Å². The van der Waals surface area contributed by atoms with Crippen molar-refractivity contribution in [3.05, 3.63) is 66.5 Å². The third kappa shape index (κ3) is 1.82. The lowest BCUT2D eigenvalue weighted by atomic mass is 10.0. The Labute approximate surface area is 121 Å². The van der Waals surface area contributed by atoms with E-state index in [0.717, 1.165) is 27.8 Å². The molecule has 0 aliphatic heterocycles. The Morgan fingerprint density at radius 3 is 2.90 bits per heavy atom. The second kappa shape index (κ2) is 4.43. The average Bonchev–Trinajstić information content (AvgIpc) is 3.14. The molecule has 4 aromatic rings. The number of aromatic nitrogens is 4. The van der Waals surface area contributed by atoms with E-state index in [4.69, 9.17) is 0 Å². The van der Waals surface area contributed by atoms with Crippen molar-refractivity contribution in [2.24, 2.45) is 7.05 Å². The molecule has 0 amide bonds. The molecule has 0 saturated heterocycles. The van der Waals surface area contributed by atoms with Crippen molar-refractivity contribution in [2.45, 2.75) is 6.10 Å². The number of aliphatic hydroxyl groups is 1. The van der Waals surface area contributed by atoms with Crippen LogP contribution in [0.25, 0.3) is 16.6 Å². The van der Waals surface area contributed by atoms with Crippen molar-refractivity contribution in [3.8, 4) is 0 Å². The number of hydrogen-bond acceptors (Lipinski definition) is 3. The van der Waals surface area contributed by atoms with Crippen LogP contribution in [0.1, 0.15) is 17.4 Å². The predicted octanol–water partition coefficient (Wildman–Crippen LogP) is 2.30. The molecule has 4 rings (SSSR count). The summed E-state index contributed by atoms with van der Waals surface area (Å²) >= 11 is 0. The molecule has 0 aliphatic carbocycles. The molecule has 1 aromatic carbocycles. The maximum atomic E-state index is 10.5. The number of fused-ring (bicyclic) bond motifs is 3. The SMILES string of the molecule is Cn1cncc1C(O)c1ccc2c(ccc3nccn32)c1. The Balaban J connectivity index is 1.87. The topological polar surface area (TPSA) is 55.3 Å². The van der Waals surface area contributed by atoms with Gasteiger partial charge in [-0.2, -0.15) is 0 Å². The van der Waals surface area contributed by atoms with Gasteiger partial charge in [0.1, 0.15) is 11.8 Å². The van der Waals surface area contributed by atoms with E-state index in [1.165, 1.54) is 0 Å². The summed E-state index contributed by atoms with van der Waals surface area (Å²) in [4.78, 5) is 8.34. The van der Waals surface area contributed by atoms with Crippen LogP contribution in [0.4, 0.5) is 0 Å². The first-order chi connectivity index (χ1) is 10.2. The molecule has 0 spiro atoms. The van der Waals surface area contributed by atoms with Crippen LogP contribution >= 0.6 is 0 Å². The molecule has 0 fully saturated rings. The third-order valence-electron chi connectivity index (χ3n) is 3.84. The lowest BCUT2D eigenvalue weighted by molar-refractivity contribution is 0.211. The number of aryl methyl sites for hydroxylation is 1. The van der Waals surface area contributed by atoms with E-state index in [1.54, 1.807) is 18.7 Å². The Hall–Kier alpha value is -2.66. The lowest BCUT2D eigenvalue weighted by Gasteiger charge is -2.13. The van der Waals surface area contributed by atoms with Crippen molar-refractivity contribution in [3.63, 3.8) is 0 Å². The minimum absolute atomic E-state index is 0.680. The minimum Gasteiger partial charge on any atom is -0.382 e. The van der Waals surface area contributed by atoms with Crippen LogP contribution in [0.3, 0.4) is 0 Å². The molecule has 5 nitrogen and oxygen atoms in total. The Bertz CT molecular complexity index is 938. The van der Waals surface area contributed by atoms with Crippen LogP contribution < -0.4 is 0 Å². The highest BCUT2D eigenvalue weighted by atomic mass is 16.3. The molecule has 0 saturated carbocycles. The van der Waals surface area contributed by atoms with Gasteiger partial charge in [0.05, 0.1) is 23.7 Å². The van der Waals surface area contributed by atoms with E-state index in [-0.39, 0.29) is 0 Å². The molecule has 1 atom stereocenters. The summed E-state index contributed by atoms with van der Waals surface area (Å²) in [5.41, 5.74) is 3.62. The van der Waals surface area contributed by atoms with E-state index in [2.05, 4.69) is 9.97 Å². The third-order valence-corrected chi connectivity index (χ3v) is 3.84. The molecule has 3 aromatic heterocycles. The first kappa shape index (κ1) is 12.1. The largest absolute Gasteiger partial charge is 0.382 e. The summed E-state index contributed by atoms with van der Waals surface area (Å²) in [7, 11) is 1.88. The smallest absolute Gasteiger partial charge is 0.137 e. The number of aliphatic hydroxyl groups excluding tert-OH is 1. The number of imidazole rings is 2. The van der Waals surface area contributed by atoms with E-state index in [1.807, 2.05) is 52.5 Å². The maximum Gasteiger partial charge on any atom is 0.137 e. The zero-order valence-corrected chi connectivity index (χ0v) is 11.5. The van der Waals surface area contributed by atoms with Gasteiger partial charge in [0, 0.05) is 19.4 Å². The highest BCUT2D eigenvalue weighted by molar-refractivity contribution is 5.82. The first-order valence-electron chi connectivity index (χ1n) is 6.74. The predicted molar refractivity (Wildman–Crippen MR) is 80.0 cm³/mol. The summed E-state index contributed by atoms with van der Waals surface area (Å²) in [5, 5.41) is 11.6. The summed E-state index contributed by atoms with van der Waals surface area (Å²) in [6.45, 7) is 0. The molecular weight excluding hydrogens is 264 g/mol. The van der Waals surface area contributed by atoms with Gasteiger partial charge in [0.2, 0.25) is 0 Å². The number of pyridine rings is 1. The van der Waals surface area contributed by atoms with Crippen LogP contribution in [0.2, 0.25) is 0 Å². The second-order valence-electron chi connectivity index (χ2n) is 5.14. The fourth-order valence-corrected chi connectivity index (χ4v) is 2.70. The van der Waals surface area contributed by atoms with Crippen molar-refractivity contribution in [2.75, 3.05) is 0 Å². The van der Waals surface area contributed by atoms with Gasteiger partial charge in [0.15, 0.2) is 0 Å². The average molecular weight is 278 g/mol. The Morgan fingerprint density at radius 1 is 1.19 bits per heavy atom. The minimum atomic E-state index is -0.680. The van der Waals surface area contributed by atoms with Crippen molar-refractivity contribution < 1.29 is 5.11 Å². The molecule has 1 N–H and O–H groups in total. The van der Waals surface area contributed by atoms with Crippen molar-refractivity contribution in [1.29, 1.82) is 0 Å². The lowest BCUT2D eigenvalue weighted by Crippen LogP contribution is -2.05. The first-order valence-corrected chi connectivity index (χ1v) is 6.74. The van der Waals surface area contributed by atoms with Gasteiger partial charge >= 0.3 is 0 Å². The van der Waals surface area contributed by atoms with E-state index >= 15 is 0 Å². The normalized spacial score (nSPS) is 13.0. The molecular formula is C16H14N4O. The van der Waals surface area contributed by atoms with Crippen LogP contribution in [-0.4, -0.2) is 24.0 Å².